The van der Waals surface area contributed by atoms with Crippen LogP contribution in [0.4, 0.5) is 4.79 Å². The maximum Gasteiger partial charge on any atom is 0.344 e. The third kappa shape index (κ3) is 3.99. The van der Waals surface area contributed by atoms with Gasteiger partial charge >= 0.3 is 12.0 Å². The molecule has 10 heteroatoms. The van der Waals surface area contributed by atoms with Crippen LogP contribution in [-0.4, -0.2) is 53.4 Å². The normalized spacial score (nSPS) is 35.7. The molecule has 1 atom stereocenters. The van der Waals surface area contributed by atoms with Crippen molar-refractivity contribution in [1.29, 1.82) is 0 Å². The molecule has 31 heavy (non-hydrogen) atoms. The molecule has 0 unspecified atom stereocenters. The van der Waals surface area contributed by atoms with Crippen LogP contribution in [-0.2, 0) is 23.9 Å². The van der Waals surface area contributed by atoms with Crippen LogP contribution in [0, 0.1) is 23.2 Å². The highest BCUT2D eigenvalue weighted by molar-refractivity contribution is 6.07. The lowest BCUT2D eigenvalue weighted by Gasteiger charge is -2.55. The SMILES string of the molecule is CC[C@]1(C)NC(=O)N(NC(=O)COC(=O)CNC(=O)C23CC4CC(CC(C4)C2)C3)C1=O. The summed E-state index contributed by atoms with van der Waals surface area (Å²) >= 11 is 0. The van der Waals surface area contributed by atoms with E-state index >= 15 is 0 Å². The lowest BCUT2D eigenvalue weighted by atomic mass is 9.49. The Balaban J connectivity index is 1.21. The summed E-state index contributed by atoms with van der Waals surface area (Å²) in [5.74, 6) is -0.379. The molecule has 0 aromatic carbocycles. The van der Waals surface area contributed by atoms with Gasteiger partial charge in [-0.2, -0.15) is 5.01 Å². The number of nitrogens with one attached hydrogen (secondary N) is 3. The lowest BCUT2D eigenvalue weighted by Crippen LogP contribution is -2.54. The monoisotopic (exact) mass is 434 g/mol. The van der Waals surface area contributed by atoms with E-state index in [0.29, 0.717) is 29.2 Å². The topological polar surface area (TPSA) is 134 Å². The first kappa shape index (κ1) is 21.6. The zero-order valence-corrected chi connectivity index (χ0v) is 18.0. The van der Waals surface area contributed by atoms with E-state index in [-0.39, 0.29) is 17.9 Å². The van der Waals surface area contributed by atoms with Crippen molar-refractivity contribution in [2.24, 2.45) is 23.2 Å². The van der Waals surface area contributed by atoms with Gasteiger partial charge in [0.1, 0.15) is 12.1 Å². The molecule has 0 spiro atoms. The van der Waals surface area contributed by atoms with Gasteiger partial charge in [0.05, 0.1) is 0 Å². The minimum absolute atomic E-state index is 0.0915. The van der Waals surface area contributed by atoms with Gasteiger partial charge in [-0.1, -0.05) is 6.92 Å². The summed E-state index contributed by atoms with van der Waals surface area (Å²) < 4.78 is 4.90. The number of hydrazine groups is 1. The minimum atomic E-state index is -1.08. The van der Waals surface area contributed by atoms with Gasteiger partial charge in [0, 0.05) is 5.41 Å². The Morgan fingerprint density at radius 3 is 2.19 bits per heavy atom. The average molecular weight is 434 g/mol. The molecule has 5 aliphatic rings. The fourth-order valence-corrected chi connectivity index (χ4v) is 6.11. The summed E-state index contributed by atoms with van der Waals surface area (Å²) in [5, 5.41) is 5.79. The van der Waals surface area contributed by atoms with Gasteiger partial charge in [0.15, 0.2) is 6.61 Å². The molecule has 5 amide bonds. The number of carbonyl (C=O) groups is 5. The van der Waals surface area contributed by atoms with Crippen molar-refractivity contribution in [1.82, 2.24) is 21.1 Å². The highest BCUT2D eigenvalue weighted by atomic mass is 16.5. The molecular formula is C21H30N4O6. The molecule has 4 saturated carbocycles. The number of hydrogen-bond donors (Lipinski definition) is 3. The van der Waals surface area contributed by atoms with Gasteiger partial charge in [-0.05, 0) is 69.6 Å². The predicted molar refractivity (Wildman–Crippen MR) is 107 cm³/mol. The Bertz CT molecular complexity index is 791. The predicted octanol–water partition coefficient (Wildman–Crippen LogP) is 0.614. The summed E-state index contributed by atoms with van der Waals surface area (Å²) in [6.07, 6.45) is 6.71. The quantitative estimate of drug-likeness (QED) is 0.397. The van der Waals surface area contributed by atoms with Crippen molar-refractivity contribution in [3.8, 4) is 0 Å². The van der Waals surface area contributed by atoms with Gasteiger partial charge in [-0.25, -0.2) is 4.79 Å². The molecule has 170 valence electrons. The smallest absolute Gasteiger partial charge is 0.344 e. The molecule has 1 aliphatic heterocycles. The molecule has 4 aliphatic carbocycles. The number of carbonyl (C=O) groups excluding carboxylic acids is 5. The van der Waals surface area contributed by atoms with Crippen molar-refractivity contribution in [3.63, 3.8) is 0 Å². The van der Waals surface area contributed by atoms with Gasteiger partial charge in [0.2, 0.25) is 5.91 Å². The van der Waals surface area contributed by atoms with Crippen LogP contribution in [0.2, 0.25) is 0 Å². The van der Waals surface area contributed by atoms with Crippen LogP contribution in [0.1, 0.15) is 58.8 Å². The minimum Gasteiger partial charge on any atom is -0.454 e. The molecule has 0 radical (unpaired) electrons. The maximum absolute atomic E-state index is 12.8. The van der Waals surface area contributed by atoms with Gasteiger partial charge in [-0.3, -0.25) is 24.6 Å². The summed E-state index contributed by atoms with van der Waals surface area (Å²) in [6, 6.07) is -0.739. The van der Waals surface area contributed by atoms with E-state index in [4.69, 9.17) is 4.74 Å². The van der Waals surface area contributed by atoms with Crippen molar-refractivity contribution in [2.45, 2.75) is 64.3 Å². The lowest BCUT2D eigenvalue weighted by molar-refractivity contribution is -0.153. The van der Waals surface area contributed by atoms with Crippen LogP contribution >= 0.6 is 0 Å². The molecule has 10 nitrogen and oxygen atoms in total. The summed E-state index contributed by atoms with van der Waals surface area (Å²) in [5.41, 5.74) is 0.705. The number of amides is 5. The summed E-state index contributed by atoms with van der Waals surface area (Å²) in [6.45, 7) is 2.33. The number of esters is 1. The zero-order chi connectivity index (χ0) is 22.4. The molecule has 1 saturated heterocycles. The van der Waals surface area contributed by atoms with Crippen LogP contribution in [0.25, 0.3) is 0 Å². The number of urea groups is 1. The molecule has 4 bridgehead atoms. The second kappa shape index (κ2) is 7.80. The van der Waals surface area contributed by atoms with Gasteiger partial charge in [0.25, 0.3) is 11.8 Å². The maximum atomic E-state index is 12.8. The fraction of sp³-hybridized carbons (Fsp3) is 0.762. The Kier molecular flexibility index (Phi) is 5.43. The summed E-state index contributed by atoms with van der Waals surface area (Å²) in [7, 11) is 0. The van der Waals surface area contributed by atoms with E-state index in [1.54, 1.807) is 13.8 Å². The highest BCUT2D eigenvalue weighted by Crippen LogP contribution is 2.60. The van der Waals surface area contributed by atoms with E-state index in [0.717, 1.165) is 19.3 Å². The van der Waals surface area contributed by atoms with Crippen LogP contribution in [0.3, 0.4) is 0 Å². The average Bonchev–Trinajstić information content (AvgIpc) is 2.93. The molecule has 0 aromatic heterocycles. The van der Waals surface area contributed by atoms with Crippen LogP contribution in [0.15, 0.2) is 0 Å². The first-order valence-electron chi connectivity index (χ1n) is 11.0. The molecule has 5 rings (SSSR count). The van der Waals surface area contributed by atoms with Crippen molar-refractivity contribution in [3.05, 3.63) is 0 Å². The Morgan fingerprint density at radius 2 is 1.68 bits per heavy atom. The third-order valence-electron chi connectivity index (χ3n) is 7.48. The summed E-state index contributed by atoms with van der Waals surface area (Å²) in [4.78, 5) is 61.0. The molecule has 3 N–H and O–H groups in total. The molecule has 5 fully saturated rings. The molecule has 1 heterocycles. The number of nitrogens with zero attached hydrogens (tertiary/aromatic N) is 1. The van der Waals surface area contributed by atoms with Gasteiger partial charge in [-0.15, -0.1) is 0 Å². The molecule has 0 aromatic rings. The highest BCUT2D eigenvalue weighted by Gasteiger charge is 2.54. The van der Waals surface area contributed by atoms with E-state index in [1.165, 1.54) is 19.3 Å². The number of imide groups is 1. The van der Waals surface area contributed by atoms with Crippen LogP contribution in [0.5, 0.6) is 0 Å². The standard InChI is InChI=1S/C21H30N4O6/c1-3-20(2)18(29)25(19(30)23-20)24-15(26)11-31-16(27)10-22-17(28)21-7-12-4-13(8-21)6-14(5-12)9-21/h12-14H,3-11H2,1-2H3,(H,22,28)(H,23,30)(H,24,26)/t12?,13?,14?,20-,21?/m0/s1. The van der Waals surface area contributed by atoms with Gasteiger partial charge < -0.3 is 15.4 Å². The van der Waals surface area contributed by atoms with Crippen molar-refractivity contribution < 1.29 is 28.7 Å². The first-order valence-corrected chi connectivity index (χ1v) is 11.0. The van der Waals surface area contributed by atoms with E-state index in [2.05, 4.69) is 16.1 Å². The zero-order valence-electron chi connectivity index (χ0n) is 18.0. The second-order valence-electron chi connectivity index (χ2n) is 9.83. The van der Waals surface area contributed by atoms with Crippen molar-refractivity contribution >= 4 is 29.7 Å². The molecular weight excluding hydrogens is 404 g/mol. The Hall–Kier alpha value is -2.65. The number of rotatable bonds is 7. The second-order valence-corrected chi connectivity index (χ2v) is 9.83. The third-order valence-corrected chi connectivity index (χ3v) is 7.48. The van der Waals surface area contributed by atoms with E-state index < -0.39 is 36.0 Å². The number of hydrogen-bond acceptors (Lipinski definition) is 6. The Morgan fingerprint density at radius 1 is 1.10 bits per heavy atom. The Labute approximate surface area is 180 Å². The number of ether oxygens (including phenoxy) is 1. The largest absolute Gasteiger partial charge is 0.454 e. The van der Waals surface area contributed by atoms with E-state index in [9.17, 15) is 24.0 Å². The van der Waals surface area contributed by atoms with Crippen LogP contribution < -0.4 is 16.1 Å². The van der Waals surface area contributed by atoms with E-state index in [1.807, 2.05) is 0 Å². The first-order chi connectivity index (χ1) is 14.6. The fourth-order valence-electron chi connectivity index (χ4n) is 6.11. The van der Waals surface area contributed by atoms with Crippen molar-refractivity contribution in [2.75, 3.05) is 13.2 Å².